The van der Waals surface area contributed by atoms with Crippen LogP contribution in [0.15, 0.2) is 0 Å². The van der Waals surface area contributed by atoms with E-state index in [1.165, 1.54) is 0 Å². The molecule has 0 heterocycles. The fraction of sp³-hybridized carbons (Fsp3) is 0.875. The van der Waals surface area contributed by atoms with Crippen LogP contribution >= 0.6 is 0 Å². The van der Waals surface area contributed by atoms with Crippen LogP contribution in [0.4, 0.5) is 0 Å². The average molecular weight is 189 g/mol. The van der Waals surface area contributed by atoms with Gasteiger partial charge in [-0.05, 0) is 27.3 Å². The van der Waals surface area contributed by atoms with E-state index in [1.807, 2.05) is 0 Å². The predicted molar refractivity (Wildman–Crippen MR) is 50.6 cm³/mol. The summed E-state index contributed by atoms with van der Waals surface area (Å²) in [6.07, 6.45) is 0.210. The summed E-state index contributed by atoms with van der Waals surface area (Å²) in [6, 6.07) is 0. The lowest BCUT2D eigenvalue weighted by Gasteiger charge is -2.27. The molecule has 0 unspecified atom stereocenters. The van der Waals surface area contributed by atoms with E-state index in [9.17, 15) is 4.79 Å². The van der Waals surface area contributed by atoms with Gasteiger partial charge in [0.05, 0.1) is 0 Å². The van der Waals surface area contributed by atoms with Gasteiger partial charge in [0.25, 0.3) is 0 Å². The lowest BCUT2D eigenvalue weighted by Crippen LogP contribution is -2.59. The minimum atomic E-state index is -1.47. The lowest BCUT2D eigenvalue weighted by molar-refractivity contribution is -0.161. The number of esters is 1. The largest absolute Gasteiger partial charge is 0.458 e. The Morgan fingerprint density at radius 3 is 2.08 bits per heavy atom. The quantitative estimate of drug-likeness (QED) is 0.402. The van der Waals surface area contributed by atoms with Crippen molar-refractivity contribution in [2.45, 2.75) is 38.5 Å². The normalized spacial score (nSPS) is 12.8. The zero-order valence-corrected chi connectivity index (χ0v) is 8.46. The second-order valence-corrected chi connectivity index (χ2v) is 4.08. The van der Waals surface area contributed by atoms with Crippen LogP contribution < -0.4 is 17.2 Å². The van der Waals surface area contributed by atoms with Gasteiger partial charge in [-0.2, -0.15) is 0 Å². The van der Waals surface area contributed by atoms with Crippen LogP contribution in [0.25, 0.3) is 0 Å². The average Bonchev–Trinajstić information content (AvgIpc) is 1.82. The number of rotatable bonds is 3. The molecule has 0 aromatic heterocycles. The van der Waals surface area contributed by atoms with Gasteiger partial charge in [0.2, 0.25) is 0 Å². The van der Waals surface area contributed by atoms with Crippen molar-refractivity contribution in [3.05, 3.63) is 0 Å². The van der Waals surface area contributed by atoms with Crippen molar-refractivity contribution in [1.82, 2.24) is 0 Å². The van der Waals surface area contributed by atoms with Gasteiger partial charge in [-0.15, -0.1) is 0 Å². The van der Waals surface area contributed by atoms with Crippen LogP contribution in [0.2, 0.25) is 0 Å². The summed E-state index contributed by atoms with van der Waals surface area (Å²) in [4.78, 5) is 11.3. The zero-order valence-electron chi connectivity index (χ0n) is 8.46. The van der Waals surface area contributed by atoms with Gasteiger partial charge in [0, 0.05) is 6.42 Å². The SMILES string of the molecule is CC(C)(C)OC(=O)C(N)(N)CCN. The van der Waals surface area contributed by atoms with E-state index < -0.39 is 17.2 Å². The summed E-state index contributed by atoms with van der Waals surface area (Å²) < 4.78 is 5.01. The molecule has 0 atom stereocenters. The molecular weight excluding hydrogens is 170 g/mol. The maximum atomic E-state index is 11.3. The molecule has 5 nitrogen and oxygen atoms in total. The van der Waals surface area contributed by atoms with Crippen LogP contribution in [0, 0.1) is 0 Å². The summed E-state index contributed by atoms with van der Waals surface area (Å²) in [6.45, 7) is 5.52. The van der Waals surface area contributed by atoms with E-state index >= 15 is 0 Å². The molecule has 78 valence electrons. The Bertz CT molecular complexity index is 184. The second kappa shape index (κ2) is 4.04. The molecule has 0 amide bonds. The first-order valence-corrected chi connectivity index (χ1v) is 4.20. The van der Waals surface area contributed by atoms with Gasteiger partial charge in [0.1, 0.15) is 5.60 Å². The van der Waals surface area contributed by atoms with Gasteiger partial charge in [-0.1, -0.05) is 0 Å². The molecule has 6 N–H and O–H groups in total. The first kappa shape index (κ1) is 12.3. The summed E-state index contributed by atoms with van der Waals surface area (Å²) in [5.74, 6) is -0.620. The first-order valence-electron chi connectivity index (χ1n) is 4.20. The molecule has 0 bridgehead atoms. The van der Waals surface area contributed by atoms with Crippen LogP contribution in [0.3, 0.4) is 0 Å². The molecule has 0 aromatic rings. The van der Waals surface area contributed by atoms with Gasteiger partial charge in [-0.3, -0.25) is 0 Å². The topological polar surface area (TPSA) is 104 Å². The number of nitrogens with two attached hydrogens (primary N) is 3. The van der Waals surface area contributed by atoms with Crippen molar-refractivity contribution >= 4 is 5.97 Å². The fourth-order valence-electron chi connectivity index (χ4n) is 0.714. The number of ether oxygens (including phenoxy) is 1. The molecule has 0 rings (SSSR count). The Kier molecular flexibility index (Phi) is 3.84. The second-order valence-electron chi connectivity index (χ2n) is 4.08. The maximum Gasteiger partial charge on any atom is 0.341 e. The molecule has 0 spiro atoms. The molecule has 0 aromatic carbocycles. The van der Waals surface area contributed by atoms with Crippen LogP contribution in [-0.4, -0.2) is 23.8 Å². The van der Waals surface area contributed by atoms with Gasteiger partial charge < -0.3 is 21.9 Å². The summed E-state index contributed by atoms with van der Waals surface area (Å²) in [5.41, 5.74) is 14.2. The monoisotopic (exact) mass is 189 g/mol. The number of carbonyl (C=O) groups is 1. The number of carbonyl (C=O) groups excluding carboxylic acids is 1. The fourth-order valence-corrected chi connectivity index (χ4v) is 0.714. The molecule has 0 aliphatic carbocycles. The highest BCUT2D eigenvalue weighted by Crippen LogP contribution is 2.11. The van der Waals surface area contributed by atoms with Crippen molar-refractivity contribution in [2.75, 3.05) is 6.54 Å². The highest BCUT2D eigenvalue weighted by molar-refractivity contribution is 5.80. The van der Waals surface area contributed by atoms with Crippen LogP contribution in [0.5, 0.6) is 0 Å². The molecule has 0 fully saturated rings. The molecule has 0 aliphatic heterocycles. The van der Waals surface area contributed by atoms with Crippen molar-refractivity contribution in [2.24, 2.45) is 17.2 Å². The van der Waals surface area contributed by atoms with Gasteiger partial charge >= 0.3 is 5.97 Å². The zero-order chi connectivity index (χ0) is 10.7. The summed E-state index contributed by atoms with van der Waals surface area (Å²) in [5, 5.41) is 0. The first-order chi connectivity index (χ1) is 5.69. The Hall–Kier alpha value is -0.650. The maximum absolute atomic E-state index is 11.3. The smallest absolute Gasteiger partial charge is 0.341 e. The molecule has 0 radical (unpaired) electrons. The van der Waals surface area contributed by atoms with Crippen molar-refractivity contribution in [1.29, 1.82) is 0 Å². The Labute approximate surface area is 78.6 Å². The van der Waals surface area contributed by atoms with E-state index in [0.717, 1.165) is 0 Å². The minimum Gasteiger partial charge on any atom is -0.458 e. The van der Waals surface area contributed by atoms with Crippen molar-refractivity contribution in [3.8, 4) is 0 Å². The highest BCUT2D eigenvalue weighted by atomic mass is 16.6. The molecule has 5 heteroatoms. The van der Waals surface area contributed by atoms with E-state index in [-0.39, 0.29) is 13.0 Å². The lowest BCUT2D eigenvalue weighted by atomic mass is 10.1. The van der Waals surface area contributed by atoms with Gasteiger partial charge in [0.15, 0.2) is 5.66 Å². The third-order valence-corrected chi connectivity index (χ3v) is 1.34. The van der Waals surface area contributed by atoms with Gasteiger partial charge in [-0.25, -0.2) is 4.79 Å². The van der Waals surface area contributed by atoms with Crippen molar-refractivity contribution in [3.63, 3.8) is 0 Å². The van der Waals surface area contributed by atoms with E-state index in [0.29, 0.717) is 0 Å². The van der Waals surface area contributed by atoms with Crippen LogP contribution in [-0.2, 0) is 9.53 Å². The Morgan fingerprint density at radius 2 is 1.77 bits per heavy atom. The summed E-state index contributed by atoms with van der Waals surface area (Å²) in [7, 11) is 0. The Balaban J connectivity index is 4.25. The van der Waals surface area contributed by atoms with E-state index in [1.54, 1.807) is 20.8 Å². The molecule has 0 saturated carbocycles. The molecule has 0 saturated heterocycles. The third-order valence-electron chi connectivity index (χ3n) is 1.34. The highest BCUT2D eigenvalue weighted by Gasteiger charge is 2.32. The predicted octanol–water partition coefficient (Wildman–Crippen LogP) is -0.709. The van der Waals surface area contributed by atoms with Crippen molar-refractivity contribution < 1.29 is 9.53 Å². The molecule has 0 aliphatic rings. The number of hydrogen-bond acceptors (Lipinski definition) is 5. The van der Waals surface area contributed by atoms with Crippen LogP contribution in [0.1, 0.15) is 27.2 Å². The Morgan fingerprint density at radius 1 is 1.31 bits per heavy atom. The number of hydrogen-bond donors (Lipinski definition) is 3. The standard InChI is InChI=1S/C8H19N3O2/c1-7(2,3)13-6(12)8(10,11)4-5-9/h4-5,9-11H2,1-3H3. The van der Waals surface area contributed by atoms with E-state index in [4.69, 9.17) is 21.9 Å². The minimum absolute atomic E-state index is 0.210. The molecular formula is C8H19N3O2. The third kappa shape index (κ3) is 4.82. The summed E-state index contributed by atoms with van der Waals surface area (Å²) >= 11 is 0. The van der Waals surface area contributed by atoms with E-state index in [2.05, 4.69) is 0 Å². The molecule has 13 heavy (non-hydrogen) atoms.